The summed E-state index contributed by atoms with van der Waals surface area (Å²) < 4.78 is 30.7. The highest BCUT2D eigenvalue weighted by atomic mass is 127. The number of rotatable bonds is 9. The van der Waals surface area contributed by atoms with Gasteiger partial charge in [-0.15, -0.1) is 24.0 Å². The number of piperidine rings is 1. The largest absolute Gasteiger partial charge is 0.385 e. The Labute approximate surface area is 209 Å². The topological polar surface area (TPSA) is 55.3 Å². The standard InChI is InChI=1S/C24H38FN3O3.HI/c1-3-26-23(28-12-8-22(9-13-28)31-15-5-14-29-2)27-19-24(10-16-30-17-11-24)20-6-4-7-21(25)18-20;/h4,6-7,18,22H,3,5,8-17,19H2,1-2H3,(H,26,27);1H. The Balaban J connectivity index is 0.00000363. The van der Waals surface area contributed by atoms with E-state index in [2.05, 4.69) is 17.1 Å². The number of methoxy groups -OCH3 is 1. The van der Waals surface area contributed by atoms with Crippen LogP contribution in [0, 0.1) is 5.82 Å². The van der Waals surface area contributed by atoms with Crippen molar-refractivity contribution in [3.8, 4) is 0 Å². The van der Waals surface area contributed by atoms with Crippen LogP contribution in [0.1, 0.15) is 44.6 Å². The Morgan fingerprint density at radius 3 is 2.66 bits per heavy atom. The average Bonchev–Trinajstić information content (AvgIpc) is 2.81. The van der Waals surface area contributed by atoms with Crippen molar-refractivity contribution in [3.63, 3.8) is 0 Å². The van der Waals surface area contributed by atoms with E-state index in [1.165, 1.54) is 6.07 Å². The second kappa shape index (κ2) is 14.3. The van der Waals surface area contributed by atoms with Gasteiger partial charge >= 0.3 is 0 Å². The van der Waals surface area contributed by atoms with Gasteiger partial charge in [-0.1, -0.05) is 12.1 Å². The molecule has 0 aromatic heterocycles. The van der Waals surface area contributed by atoms with E-state index < -0.39 is 0 Å². The molecule has 0 amide bonds. The molecule has 6 nitrogen and oxygen atoms in total. The summed E-state index contributed by atoms with van der Waals surface area (Å²) >= 11 is 0. The molecule has 0 unspecified atom stereocenters. The van der Waals surface area contributed by atoms with E-state index in [0.29, 0.717) is 25.9 Å². The normalized spacial score (nSPS) is 19.5. The SMILES string of the molecule is CCNC(=NCC1(c2cccc(F)c2)CCOCC1)N1CCC(OCCCOC)CC1.I. The first-order valence-electron chi connectivity index (χ1n) is 11.6. The lowest BCUT2D eigenvalue weighted by Crippen LogP contribution is -2.48. The summed E-state index contributed by atoms with van der Waals surface area (Å²) in [5.74, 6) is 0.759. The molecule has 1 aromatic carbocycles. The van der Waals surface area contributed by atoms with Crippen LogP contribution >= 0.6 is 24.0 Å². The summed E-state index contributed by atoms with van der Waals surface area (Å²) in [5.41, 5.74) is 0.850. The minimum Gasteiger partial charge on any atom is -0.385 e. The van der Waals surface area contributed by atoms with Crippen LogP contribution in [-0.2, 0) is 19.6 Å². The second-order valence-electron chi connectivity index (χ2n) is 8.48. The van der Waals surface area contributed by atoms with Gasteiger partial charge in [0.25, 0.3) is 0 Å². The number of guanidine groups is 1. The molecule has 8 heteroatoms. The summed E-state index contributed by atoms with van der Waals surface area (Å²) in [5, 5.41) is 3.46. The van der Waals surface area contributed by atoms with Gasteiger partial charge in [0, 0.05) is 58.6 Å². The molecule has 32 heavy (non-hydrogen) atoms. The number of aliphatic imine (C=N–C) groups is 1. The molecule has 1 N–H and O–H groups in total. The Morgan fingerprint density at radius 2 is 2.00 bits per heavy atom. The molecule has 1 aromatic rings. The molecule has 0 bridgehead atoms. The zero-order chi connectivity index (χ0) is 21.9. The maximum absolute atomic E-state index is 14.0. The number of nitrogens with zero attached hydrogens (tertiary/aromatic N) is 2. The number of hydrogen-bond donors (Lipinski definition) is 1. The fourth-order valence-electron chi connectivity index (χ4n) is 4.46. The van der Waals surface area contributed by atoms with Crippen LogP contribution in [0.2, 0.25) is 0 Å². The number of likely N-dealkylation sites (tertiary alicyclic amines) is 1. The molecule has 2 fully saturated rings. The quantitative estimate of drug-likeness (QED) is 0.213. The van der Waals surface area contributed by atoms with Gasteiger partial charge < -0.3 is 24.4 Å². The number of halogens is 2. The van der Waals surface area contributed by atoms with Crippen LogP contribution in [0.4, 0.5) is 4.39 Å². The molecule has 0 aliphatic carbocycles. The van der Waals surface area contributed by atoms with Crippen molar-refractivity contribution in [2.45, 2.75) is 50.5 Å². The van der Waals surface area contributed by atoms with Gasteiger partial charge in [0.15, 0.2) is 5.96 Å². The van der Waals surface area contributed by atoms with Gasteiger partial charge in [0.2, 0.25) is 0 Å². The summed E-state index contributed by atoms with van der Waals surface area (Å²) in [4.78, 5) is 7.38. The maximum Gasteiger partial charge on any atom is 0.193 e. The lowest BCUT2D eigenvalue weighted by atomic mass is 9.74. The minimum absolute atomic E-state index is 0. The van der Waals surface area contributed by atoms with Crippen molar-refractivity contribution in [1.29, 1.82) is 0 Å². The fourth-order valence-corrected chi connectivity index (χ4v) is 4.46. The van der Waals surface area contributed by atoms with Crippen molar-refractivity contribution < 1.29 is 18.6 Å². The van der Waals surface area contributed by atoms with Crippen LogP contribution in [0.3, 0.4) is 0 Å². The van der Waals surface area contributed by atoms with Crippen LogP contribution in [-0.4, -0.2) is 76.7 Å². The summed E-state index contributed by atoms with van der Waals surface area (Å²) in [6.07, 6.45) is 4.96. The Morgan fingerprint density at radius 1 is 1.25 bits per heavy atom. The third-order valence-corrected chi connectivity index (χ3v) is 6.34. The van der Waals surface area contributed by atoms with E-state index in [0.717, 1.165) is 76.5 Å². The molecule has 0 radical (unpaired) electrons. The first-order valence-corrected chi connectivity index (χ1v) is 11.6. The highest BCUT2D eigenvalue weighted by molar-refractivity contribution is 14.0. The molecule has 2 aliphatic rings. The van der Waals surface area contributed by atoms with E-state index in [1.54, 1.807) is 19.2 Å². The first-order chi connectivity index (χ1) is 15.2. The first kappa shape index (κ1) is 27.3. The number of ether oxygens (including phenoxy) is 3. The molecule has 2 saturated heterocycles. The highest BCUT2D eigenvalue weighted by Crippen LogP contribution is 2.35. The lowest BCUT2D eigenvalue weighted by molar-refractivity contribution is 0.00982. The Hall–Kier alpha value is -0.970. The minimum atomic E-state index is -0.188. The summed E-state index contributed by atoms with van der Waals surface area (Å²) in [7, 11) is 1.72. The average molecular weight is 563 g/mol. The van der Waals surface area contributed by atoms with Gasteiger partial charge in [-0.3, -0.25) is 4.99 Å². The van der Waals surface area contributed by atoms with Gasteiger partial charge in [-0.25, -0.2) is 4.39 Å². The second-order valence-corrected chi connectivity index (χ2v) is 8.48. The van der Waals surface area contributed by atoms with Crippen LogP contribution < -0.4 is 5.32 Å². The summed E-state index contributed by atoms with van der Waals surface area (Å²) in [6, 6.07) is 7.00. The van der Waals surface area contributed by atoms with E-state index in [-0.39, 0.29) is 35.2 Å². The van der Waals surface area contributed by atoms with Crippen molar-refractivity contribution in [2.75, 3.05) is 59.7 Å². The van der Waals surface area contributed by atoms with E-state index in [4.69, 9.17) is 19.2 Å². The molecule has 2 heterocycles. The molecule has 0 atom stereocenters. The number of hydrogen-bond acceptors (Lipinski definition) is 4. The van der Waals surface area contributed by atoms with Crippen molar-refractivity contribution in [2.24, 2.45) is 4.99 Å². The Bertz CT molecular complexity index is 693. The number of nitrogens with one attached hydrogen (secondary N) is 1. The van der Waals surface area contributed by atoms with Gasteiger partial charge in [-0.2, -0.15) is 0 Å². The van der Waals surface area contributed by atoms with Crippen LogP contribution in [0.5, 0.6) is 0 Å². The van der Waals surface area contributed by atoms with E-state index >= 15 is 0 Å². The van der Waals surface area contributed by atoms with Crippen LogP contribution in [0.25, 0.3) is 0 Å². The van der Waals surface area contributed by atoms with Gasteiger partial charge in [0.05, 0.1) is 12.6 Å². The molecular formula is C24H39FIN3O3. The third kappa shape index (κ3) is 7.81. The third-order valence-electron chi connectivity index (χ3n) is 6.34. The predicted octanol–water partition coefficient (Wildman–Crippen LogP) is 3.97. The molecule has 3 rings (SSSR count). The zero-order valence-electron chi connectivity index (χ0n) is 19.5. The molecule has 182 valence electrons. The van der Waals surface area contributed by atoms with Crippen molar-refractivity contribution in [1.82, 2.24) is 10.2 Å². The van der Waals surface area contributed by atoms with Crippen molar-refractivity contribution >= 4 is 29.9 Å². The molecule has 0 saturated carbocycles. The predicted molar refractivity (Wildman–Crippen MR) is 137 cm³/mol. The maximum atomic E-state index is 14.0. The smallest absolute Gasteiger partial charge is 0.193 e. The molecule has 2 aliphatic heterocycles. The highest BCUT2D eigenvalue weighted by Gasteiger charge is 2.35. The Kier molecular flexibility index (Phi) is 12.2. The van der Waals surface area contributed by atoms with E-state index in [1.807, 2.05) is 6.07 Å². The van der Waals surface area contributed by atoms with Crippen LogP contribution in [0.15, 0.2) is 29.3 Å². The lowest BCUT2D eigenvalue weighted by Gasteiger charge is -2.38. The van der Waals surface area contributed by atoms with Crippen molar-refractivity contribution in [3.05, 3.63) is 35.6 Å². The summed E-state index contributed by atoms with van der Waals surface area (Å²) in [6.45, 7) is 8.28. The van der Waals surface area contributed by atoms with Gasteiger partial charge in [-0.05, 0) is 56.7 Å². The zero-order valence-corrected chi connectivity index (χ0v) is 21.8. The number of benzene rings is 1. The molecular weight excluding hydrogens is 524 g/mol. The molecule has 0 spiro atoms. The monoisotopic (exact) mass is 563 g/mol. The van der Waals surface area contributed by atoms with E-state index in [9.17, 15) is 4.39 Å². The fraction of sp³-hybridized carbons (Fsp3) is 0.708. The van der Waals surface area contributed by atoms with Gasteiger partial charge in [0.1, 0.15) is 5.82 Å².